The van der Waals surface area contributed by atoms with E-state index in [9.17, 15) is 9.59 Å². The monoisotopic (exact) mass is 297 g/mol. The molecule has 0 aromatic carbocycles. The minimum Gasteiger partial charge on any atom is -0.356 e. The molecule has 0 radical (unpaired) electrons. The van der Waals surface area contributed by atoms with Crippen molar-refractivity contribution < 1.29 is 9.59 Å². The summed E-state index contributed by atoms with van der Waals surface area (Å²) in [4.78, 5) is 26.0. The lowest BCUT2D eigenvalue weighted by molar-refractivity contribution is -0.137. The number of unbranched alkanes of at least 4 members (excludes halogenated alkanes) is 1. The summed E-state index contributed by atoms with van der Waals surface area (Å²) in [5.41, 5.74) is 5.95. The van der Waals surface area contributed by atoms with Crippen LogP contribution in [0.15, 0.2) is 0 Å². The van der Waals surface area contributed by atoms with Crippen LogP contribution in [0.5, 0.6) is 0 Å². The van der Waals surface area contributed by atoms with Gasteiger partial charge in [-0.05, 0) is 31.6 Å². The third-order valence-electron chi connectivity index (χ3n) is 4.05. The highest BCUT2D eigenvalue weighted by atomic mass is 16.2. The SMILES string of the molecule is CCCCNC(=O)C1CCN(C(=O)[C@@H](N)CC(C)C)CC1. The first-order valence-corrected chi connectivity index (χ1v) is 8.27. The molecule has 1 saturated heterocycles. The lowest BCUT2D eigenvalue weighted by atomic mass is 9.94. The van der Waals surface area contributed by atoms with Gasteiger partial charge in [0.25, 0.3) is 0 Å². The molecule has 21 heavy (non-hydrogen) atoms. The topological polar surface area (TPSA) is 75.4 Å². The molecular formula is C16H31N3O2. The molecule has 1 aliphatic heterocycles. The van der Waals surface area contributed by atoms with Crippen LogP contribution in [0.2, 0.25) is 0 Å². The van der Waals surface area contributed by atoms with E-state index in [0.717, 1.165) is 38.6 Å². The fourth-order valence-electron chi connectivity index (χ4n) is 2.74. The van der Waals surface area contributed by atoms with Crippen molar-refractivity contribution in [3.63, 3.8) is 0 Å². The molecule has 2 amide bonds. The number of rotatable bonds is 7. The van der Waals surface area contributed by atoms with E-state index in [0.29, 0.717) is 19.0 Å². The van der Waals surface area contributed by atoms with E-state index in [4.69, 9.17) is 5.73 Å². The second kappa shape index (κ2) is 9.03. The molecule has 0 unspecified atom stereocenters. The van der Waals surface area contributed by atoms with Gasteiger partial charge in [0.2, 0.25) is 11.8 Å². The lowest BCUT2D eigenvalue weighted by Crippen LogP contribution is -2.49. The minimum absolute atomic E-state index is 0.0357. The number of nitrogens with one attached hydrogen (secondary N) is 1. The molecule has 1 heterocycles. The molecule has 5 nitrogen and oxygen atoms in total. The number of hydrogen-bond donors (Lipinski definition) is 2. The summed E-state index contributed by atoms with van der Waals surface area (Å²) in [7, 11) is 0. The average Bonchev–Trinajstić information content (AvgIpc) is 2.46. The molecule has 1 rings (SSSR count). The predicted molar refractivity (Wildman–Crippen MR) is 84.7 cm³/mol. The number of carbonyl (C=O) groups is 2. The maximum absolute atomic E-state index is 12.2. The van der Waals surface area contributed by atoms with Gasteiger partial charge in [-0.1, -0.05) is 27.2 Å². The molecule has 0 aliphatic carbocycles. The Morgan fingerprint density at radius 2 is 1.90 bits per heavy atom. The molecule has 1 aliphatic rings. The largest absolute Gasteiger partial charge is 0.356 e. The number of hydrogen-bond acceptors (Lipinski definition) is 3. The van der Waals surface area contributed by atoms with Gasteiger partial charge in [0.15, 0.2) is 0 Å². The summed E-state index contributed by atoms with van der Waals surface area (Å²) >= 11 is 0. The summed E-state index contributed by atoms with van der Waals surface area (Å²) in [6.07, 6.45) is 4.32. The molecule has 1 atom stereocenters. The van der Waals surface area contributed by atoms with Crippen LogP contribution in [-0.4, -0.2) is 42.4 Å². The van der Waals surface area contributed by atoms with Crippen molar-refractivity contribution in [2.24, 2.45) is 17.6 Å². The van der Waals surface area contributed by atoms with E-state index in [1.54, 1.807) is 0 Å². The lowest BCUT2D eigenvalue weighted by Gasteiger charge is -2.33. The van der Waals surface area contributed by atoms with Gasteiger partial charge in [-0.2, -0.15) is 0 Å². The molecular weight excluding hydrogens is 266 g/mol. The molecule has 0 spiro atoms. The molecule has 1 fully saturated rings. The zero-order chi connectivity index (χ0) is 15.8. The van der Waals surface area contributed by atoms with Gasteiger partial charge in [-0.15, -0.1) is 0 Å². The Balaban J connectivity index is 2.34. The molecule has 0 bridgehead atoms. The number of amides is 2. The zero-order valence-electron chi connectivity index (χ0n) is 13.7. The third kappa shape index (κ3) is 6.04. The van der Waals surface area contributed by atoms with E-state index in [1.165, 1.54) is 0 Å². The van der Waals surface area contributed by atoms with Crippen LogP contribution in [0, 0.1) is 11.8 Å². The number of likely N-dealkylation sites (tertiary alicyclic amines) is 1. The first kappa shape index (κ1) is 18.0. The Bertz CT molecular complexity index is 336. The number of carbonyl (C=O) groups excluding carboxylic acids is 2. The Hall–Kier alpha value is -1.10. The molecule has 3 N–H and O–H groups in total. The van der Waals surface area contributed by atoms with Crippen LogP contribution >= 0.6 is 0 Å². The third-order valence-corrected chi connectivity index (χ3v) is 4.05. The van der Waals surface area contributed by atoms with Crippen molar-refractivity contribution in [3.8, 4) is 0 Å². The van der Waals surface area contributed by atoms with Crippen LogP contribution in [0.3, 0.4) is 0 Å². The normalized spacial score (nSPS) is 17.9. The van der Waals surface area contributed by atoms with Crippen molar-refractivity contribution >= 4 is 11.8 Å². The van der Waals surface area contributed by atoms with Gasteiger partial charge in [-0.25, -0.2) is 0 Å². The summed E-state index contributed by atoms with van der Waals surface area (Å²) in [5, 5.41) is 2.98. The summed E-state index contributed by atoms with van der Waals surface area (Å²) in [5.74, 6) is 0.647. The second-order valence-corrected chi connectivity index (χ2v) is 6.48. The first-order valence-electron chi connectivity index (χ1n) is 8.27. The Morgan fingerprint density at radius 3 is 2.43 bits per heavy atom. The average molecular weight is 297 g/mol. The molecule has 5 heteroatoms. The van der Waals surface area contributed by atoms with E-state index in [1.807, 2.05) is 4.90 Å². The smallest absolute Gasteiger partial charge is 0.239 e. The maximum atomic E-state index is 12.2. The van der Waals surface area contributed by atoms with Crippen LogP contribution in [0.1, 0.15) is 52.9 Å². The van der Waals surface area contributed by atoms with Gasteiger partial charge in [0.05, 0.1) is 6.04 Å². The number of piperidine rings is 1. The molecule has 0 aromatic heterocycles. The summed E-state index contributed by atoms with van der Waals surface area (Å²) < 4.78 is 0. The molecule has 122 valence electrons. The van der Waals surface area contributed by atoms with Crippen molar-refractivity contribution in [2.75, 3.05) is 19.6 Å². The zero-order valence-corrected chi connectivity index (χ0v) is 13.7. The van der Waals surface area contributed by atoms with Crippen molar-refractivity contribution in [3.05, 3.63) is 0 Å². The van der Waals surface area contributed by atoms with E-state index < -0.39 is 6.04 Å². The van der Waals surface area contributed by atoms with E-state index >= 15 is 0 Å². The highest BCUT2D eigenvalue weighted by Gasteiger charge is 2.29. The van der Waals surface area contributed by atoms with Gasteiger partial charge in [0, 0.05) is 25.6 Å². The van der Waals surface area contributed by atoms with Crippen LogP contribution in [0.25, 0.3) is 0 Å². The molecule has 0 saturated carbocycles. The maximum Gasteiger partial charge on any atom is 0.239 e. The highest BCUT2D eigenvalue weighted by Crippen LogP contribution is 2.18. The van der Waals surface area contributed by atoms with Crippen LogP contribution in [0.4, 0.5) is 0 Å². The van der Waals surface area contributed by atoms with Gasteiger partial charge in [-0.3, -0.25) is 9.59 Å². The number of nitrogens with zero attached hydrogens (tertiary/aromatic N) is 1. The van der Waals surface area contributed by atoms with Crippen molar-refractivity contribution in [1.82, 2.24) is 10.2 Å². The fraction of sp³-hybridized carbons (Fsp3) is 0.875. The Kier molecular flexibility index (Phi) is 7.72. The highest BCUT2D eigenvalue weighted by molar-refractivity contribution is 5.82. The Labute approximate surface area is 128 Å². The molecule has 0 aromatic rings. The standard InChI is InChI=1S/C16H31N3O2/c1-4-5-8-18-15(20)13-6-9-19(10-7-13)16(21)14(17)11-12(2)3/h12-14H,4-11,17H2,1-3H3,(H,18,20)/t14-/m0/s1. The van der Waals surface area contributed by atoms with Gasteiger partial charge < -0.3 is 16.0 Å². The van der Waals surface area contributed by atoms with E-state index in [-0.39, 0.29) is 17.7 Å². The van der Waals surface area contributed by atoms with Crippen molar-refractivity contribution in [2.45, 2.75) is 58.9 Å². The summed E-state index contributed by atoms with van der Waals surface area (Å²) in [6, 6.07) is -0.403. The van der Waals surface area contributed by atoms with Gasteiger partial charge in [0.1, 0.15) is 0 Å². The van der Waals surface area contributed by atoms with Crippen molar-refractivity contribution in [1.29, 1.82) is 0 Å². The van der Waals surface area contributed by atoms with E-state index in [2.05, 4.69) is 26.1 Å². The fourth-order valence-corrected chi connectivity index (χ4v) is 2.74. The first-order chi connectivity index (χ1) is 9.95. The predicted octanol–water partition coefficient (Wildman–Crippen LogP) is 1.51. The van der Waals surface area contributed by atoms with Crippen LogP contribution < -0.4 is 11.1 Å². The number of nitrogens with two attached hydrogens (primary N) is 1. The van der Waals surface area contributed by atoms with Gasteiger partial charge >= 0.3 is 0 Å². The quantitative estimate of drug-likeness (QED) is 0.700. The second-order valence-electron chi connectivity index (χ2n) is 6.48. The summed E-state index contributed by atoms with van der Waals surface area (Å²) in [6.45, 7) is 8.30. The van der Waals surface area contributed by atoms with Crippen LogP contribution in [-0.2, 0) is 9.59 Å². The minimum atomic E-state index is -0.403. The Morgan fingerprint density at radius 1 is 1.29 bits per heavy atom.